The van der Waals surface area contributed by atoms with E-state index in [4.69, 9.17) is 9.47 Å². The second-order valence-corrected chi connectivity index (χ2v) is 7.42. The Morgan fingerprint density at radius 2 is 1.67 bits per heavy atom. The molecule has 5 nitrogen and oxygen atoms in total. The van der Waals surface area contributed by atoms with Crippen molar-refractivity contribution in [3.05, 3.63) is 60.2 Å². The highest BCUT2D eigenvalue weighted by Crippen LogP contribution is 2.39. The number of carbonyl (C=O) groups excluding carboxylic acids is 1. The number of anilines is 1. The van der Waals surface area contributed by atoms with Gasteiger partial charge >= 0.3 is 0 Å². The second kappa shape index (κ2) is 7.71. The van der Waals surface area contributed by atoms with Gasteiger partial charge in [-0.05, 0) is 31.5 Å². The Bertz CT molecular complexity index is 785. The van der Waals surface area contributed by atoms with E-state index in [2.05, 4.69) is 30.9 Å². The van der Waals surface area contributed by atoms with Gasteiger partial charge in [0.05, 0.1) is 30.5 Å². The van der Waals surface area contributed by atoms with E-state index in [0.717, 1.165) is 30.1 Å². The number of carbonyl (C=O) groups is 1. The lowest BCUT2D eigenvalue weighted by molar-refractivity contribution is -0.124. The van der Waals surface area contributed by atoms with Crippen LogP contribution in [0.25, 0.3) is 0 Å². The number of ether oxygens (including phenoxy) is 2. The highest BCUT2D eigenvalue weighted by atomic mass is 16.5. The van der Waals surface area contributed by atoms with Crippen molar-refractivity contribution in [1.82, 2.24) is 4.90 Å². The van der Waals surface area contributed by atoms with Gasteiger partial charge in [-0.1, -0.05) is 42.5 Å². The van der Waals surface area contributed by atoms with Crippen molar-refractivity contribution >= 4 is 11.6 Å². The topological polar surface area (TPSA) is 42.0 Å². The van der Waals surface area contributed by atoms with Crippen LogP contribution in [0.5, 0.6) is 5.75 Å². The first-order valence-corrected chi connectivity index (χ1v) is 9.58. The highest BCUT2D eigenvalue weighted by molar-refractivity contribution is 5.97. The summed E-state index contributed by atoms with van der Waals surface area (Å²) in [5.74, 6) is 0.864. The number of hydrogen-bond donors (Lipinski definition) is 0. The van der Waals surface area contributed by atoms with Crippen LogP contribution in [0, 0.1) is 0 Å². The van der Waals surface area contributed by atoms with Gasteiger partial charge in [-0.3, -0.25) is 14.6 Å². The SMILES string of the molecule is C[C@@H]1CN(CC(=O)N2c3ccccc3OC[C@@H]2c2ccccc2)C[C@H](C)O1. The van der Waals surface area contributed by atoms with E-state index in [0.29, 0.717) is 13.2 Å². The third-order valence-electron chi connectivity index (χ3n) is 5.14. The molecule has 2 aliphatic rings. The first-order valence-electron chi connectivity index (χ1n) is 9.58. The zero-order valence-corrected chi connectivity index (χ0v) is 15.9. The predicted molar refractivity (Wildman–Crippen MR) is 105 cm³/mol. The average molecular weight is 366 g/mol. The number of morpholine rings is 1. The Morgan fingerprint density at radius 1 is 1.00 bits per heavy atom. The lowest BCUT2D eigenvalue weighted by atomic mass is 10.0. The summed E-state index contributed by atoms with van der Waals surface area (Å²) < 4.78 is 11.8. The molecule has 0 bridgehead atoms. The molecule has 5 heteroatoms. The van der Waals surface area contributed by atoms with Gasteiger partial charge in [0.25, 0.3) is 0 Å². The summed E-state index contributed by atoms with van der Waals surface area (Å²) in [6.45, 7) is 6.52. The summed E-state index contributed by atoms with van der Waals surface area (Å²) >= 11 is 0. The van der Waals surface area contributed by atoms with Crippen LogP contribution in [0.3, 0.4) is 0 Å². The number of rotatable bonds is 3. The van der Waals surface area contributed by atoms with E-state index in [1.54, 1.807) is 0 Å². The van der Waals surface area contributed by atoms with Crippen LogP contribution in [0.15, 0.2) is 54.6 Å². The minimum Gasteiger partial charge on any atom is -0.489 e. The molecule has 0 N–H and O–H groups in total. The smallest absolute Gasteiger partial charge is 0.241 e. The molecule has 0 aromatic heterocycles. The number of para-hydroxylation sites is 2. The Morgan fingerprint density at radius 3 is 2.41 bits per heavy atom. The number of nitrogens with zero attached hydrogens (tertiary/aromatic N) is 2. The maximum Gasteiger partial charge on any atom is 0.241 e. The fourth-order valence-electron chi connectivity index (χ4n) is 4.10. The lowest BCUT2D eigenvalue weighted by Gasteiger charge is -2.40. The monoisotopic (exact) mass is 366 g/mol. The minimum atomic E-state index is -0.121. The van der Waals surface area contributed by atoms with Crippen molar-refractivity contribution in [3.8, 4) is 5.75 Å². The standard InChI is InChI=1S/C22H26N2O3/c1-16-12-23(13-17(2)27-16)14-22(25)24-19-10-6-7-11-21(19)26-15-20(24)18-8-4-3-5-9-18/h3-11,16-17,20H,12-15H2,1-2H3/t16-,17+,20-/m1/s1. The van der Waals surface area contributed by atoms with Crippen LogP contribution >= 0.6 is 0 Å². The molecule has 2 aromatic rings. The molecule has 1 saturated heterocycles. The molecular weight excluding hydrogens is 340 g/mol. The average Bonchev–Trinajstić information content (AvgIpc) is 2.67. The Kier molecular flexibility index (Phi) is 5.14. The minimum absolute atomic E-state index is 0.0981. The van der Waals surface area contributed by atoms with Gasteiger partial charge in [-0.25, -0.2) is 0 Å². The van der Waals surface area contributed by atoms with Gasteiger partial charge in [0.2, 0.25) is 5.91 Å². The van der Waals surface area contributed by atoms with Crippen LogP contribution < -0.4 is 9.64 Å². The zero-order valence-electron chi connectivity index (χ0n) is 15.9. The van der Waals surface area contributed by atoms with Gasteiger partial charge < -0.3 is 9.47 Å². The summed E-state index contributed by atoms with van der Waals surface area (Å²) in [5.41, 5.74) is 1.93. The number of amides is 1. The summed E-state index contributed by atoms with van der Waals surface area (Å²) in [7, 11) is 0. The molecule has 0 unspecified atom stereocenters. The molecule has 0 radical (unpaired) electrons. The number of benzene rings is 2. The van der Waals surface area contributed by atoms with E-state index < -0.39 is 0 Å². The zero-order chi connectivity index (χ0) is 18.8. The van der Waals surface area contributed by atoms with E-state index in [9.17, 15) is 4.79 Å². The molecular formula is C22H26N2O3. The first-order chi connectivity index (χ1) is 13.1. The van der Waals surface area contributed by atoms with Crippen molar-refractivity contribution in [2.75, 3.05) is 31.1 Å². The van der Waals surface area contributed by atoms with E-state index in [1.165, 1.54) is 0 Å². The highest BCUT2D eigenvalue weighted by Gasteiger charge is 2.34. The van der Waals surface area contributed by atoms with Crippen molar-refractivity contribution in [2.45, 2.75) is 32.1 Å². The summed E-state index contributed by atoms with van der Waals surface area (Å²) in [4.78, 5) is 17.5. The molecule has 1 fully saturated rings. The Hall–Kier alpha value is -2.37. The van der Waals surface area contributed by atoms with Crippen LogP contribution in [0.1, 0.15) is 25.5 Å². The largest absolute Gasteiger partial charge is 0.489 e. The Labute approximate surface area is 160 Å². The second-order valence-electron chi connectivity index (χ2n) is 7.42. The molecule has 0 spiro atoms. The van der Waals surface area contributed by atoms with E-state index in [-0.39, 0.29) is 24.2 Å². The van der Waals surface area contributed by atoms with Gasteiger partial charge in [-0.15, -0.1) is 0 Å². The molecule has 0 aliphatic carbocycles. The van der Waals surface area contributed by atoms with Crippen molar-refractivity contribution in [3.63, 3.8) is 0 Å². The van der Waals surface area contributed by atoms with E-state index >= 15 is 0 Å². The molecule has 3 atom stereocenters. The van der Waals surface area contributed by atoms with Crippen LogP contribution in [-0.2, 0) is 9.53 Å². The molecule has 0 saturated carbocycles. The fraction of sp³-hybridized carbons (Fsp3) is 0.409. The third-order valence-corrected chi connectivity index (χ3v) is 5.14. The van der Waals surface area contributed by atoms with Crippen molar-refractivity contribution < 1.29 is 14.3 Å². The molecule has 2 aromatic carbocycles. The lowest BCUT2D eigenvalue weighted by Crippen LogP contribution is -2.51. The first kappa shape index (κ1) is 18.0. The fourth-order valence-corrected chi connectivity index (χ4v) is 4.10. The summed E-state index contributed by atoms with van der Waals surface area (Å²) in [6, 6.07) is 17.8. The number of fused-ring (bicyclic) bond motifs is 1. The molecule has 2 heterocycles. The van der Waals surface area contributed by atoms with Gasteiger partial charge in [-0.2, -0.15) is 0 Å². The third kappa shape index (κ3) is 3.84. The predicted octanol–water partition coefficient (Wildman–Crippen LogP) is 3.26. The van der Waals surface area contributed by atoms with Crippen molar-refractivity contribution in [1.29, 1.82) is 0 Å². The quantitative estimate of drug-likeness (QED) is 0.836. The molecule has 142 valence electrons. The number of hydrogen-bond acceptors (Lipinski definition) is 4. The van der Waals surface area contributed by atoms with Crippen LogP contribution in [0.2, 0.25) is 0 Å². The Balaban J connectivity index is 1.62. The van der Waals surface area contributed by atoms with Gasteiger partial charge in [0.1, 0.15) is 12.4 Å². The van der Waals surface area contributed by atoms with Crippen molar-refractivity contribution in [2.24, 2.45) is 0 Å². The molecule has 27 heavy (non-hydrogen) atoms. The molecule has 2 aliphatic heterocycles. The summed E-state index contributed by atoms with van der Waals surface area (Å²) in [5, 5.41) is 0. The molecule has 1 amide bonds. The maximum absolute atomic E-state index is 13.4. The maximum atomic E-state index is 13.4. The molecule has 4 rings (SSSR count). The van der Waals surface area contributed by atoms with Gasteiger partial charge in [0, 0.05) is 13.1 Å². The normalized spacial score (nSPS) is 25.6. The summed E-state index contributed by atoms with van der Waals surface area (Å²) in [6.07, 6.45) is 0.284. The van der Waals surface area contributed by atoms with E-state index in [1.807, 2.05) is 47.4 Å². The van der Waals surface area contributed by atoms with Crippen LogP contribution in [0.4, 0.5) is 5.69 Å². The van der Waals surface area contributed by atoms with Crippen LogP contribution in [-0.4, -0.2) is 49.3 Å². The van der Waals surface area contributed by atoms with Gasteiger partial charge in [0.15, 0.2) is 0 Å².